The van der Waals surface area contributed by atoms with Gasteiger partial charge in [-0.3, -0.25) is 19.6 Å². The molecule has 10 heteroatoms. The number of benzene rings is 2. The van der Waals surface area contributed by atoms with Crippen LogP contribution in [0.1, 0.15) is 15.9 Å². The minimum absolute atomic E-state index is 0.0421. The van der Waals surface area contributed by atoms with Crippen LogP contribution in [0, 0.1) is 17.0 Å². The Morgan fingerprint density at radius 3 is 2.24 bits per heavy atom. The summed E-state index contributed by atoms with van der Waals surface area (Å²) in [6.07, 6.45) is 1.07. The number of aryl methyl sites for hydroxylation is 1. The quantitative estimate of drug-likeness (QED) is 0.589. The summed E-state index contributed by atoms with van der Waals surface area (Å²) in [6, 6.07) is 11.3. The molecule has 1 aliphatic rings. The molecular formula is C19H22N4O5S. The zero-order valence-electron chi connectivity index (χ0n) is 16.2. The Kier molecular flexibility index (Phi) is 5.73. The average Bonchev–Trinajstić information content (AvgIpc) is 2.68. The molecule has 0 aromatic heterocycles. The Morgan fingerprint density at radius 1 is 1.07 bits per heavy atom. The number of rotatable bonds is 5. The molecule has 154 valence electrons. The van der Waals surface area contributed by atoms with Gasteiger partial charge in [0, 0.05) is 49.6 Å². The van der Waals surface area contributed by atoms with Gasteiger partial charge in [-0.2, -0.15) is 0 Å². The minimum atomic E-state index is -3.44. The lowest BCUT2D eigenvalue weighted by atomic mass is 10.1. The van der Waals surface area contributed by atoms with Crippen LogP contribution in [0.4, 0.5) is 17.1 Å². The molecule has 0 unspecified atom stereocenters. The molecule has 2 aromatic carbocycles. The van der Waals surface area contributed by atoms with E-state index in [2.05, 4.69) is 9.62 Å². The van der Waals surface area contributed by atoms with Crippen molar-refractivity contribution in [3.05, 3.63) is 63.7 Å². The Morgan fingerprint density at radius 2 is 1.69 bits per heavy atom. The van der Waals surface area contributed by atoms with Gasteiger partial charge in [0.25, 0.3) is 11.6 Å². The second-order valence-electron chi connectivity index (χ2n) is 6.96. The van der Waals surface area contributed by atoms with Gasteiger partial charge in [0.2, 0.25) is 10.0 Å². The van der Waals surface area contributed by atoms with Gasteiger partial charge in [-0.1, -0.05) is 6.07 Å². The molecule has 2 aromatic rings. The van der Waals surface area contributed by atoms with Gasteiger partial charge < -0.3 is 9.80 Å². The lowest BCUT2D eigenvalue weighted by molar-refractivity contribution is -0.384. The SMILES string of the molecule is Cc1ccc(C(=O)N2CCN(c3ccc([N+](=O)[O-])cc3)CC2)cc1NS(C)(=O)=O. The molecular weight excluding hydrogens is 396 g/mol. The van der Waals surface area contributed by atoms with Gasteiger partial charge in [0.15, 0.2) is 0 Å². The average molecular weight is 418 g/mol. The van der Waals surface area contributed by atoms with Crippen molar-refractivity contribution in [1.82, 2.24) is 4.90 Å². The van der Waals surface area contributed by atoms with E-state index in [0.717, 1.165) is 17.5 Å². The predicted octanol–water partition coefficient (Wildman–Crippen LogP) is 2.24. The maximum absolute atomic E-state index is 12.8. The fourth-order valence-electron chi connectivity index (χ4n) is 3.20. The first kappa shape index (κ1) is 20.6. The number of amides is 1. The van der Waals surface area contributed by atoms with Gasteiger partial charge in [0.1, 0.15) is 0 Å². The Labute approximate surface area is 169 Å². The summed E-state index contributed by atoms with van der Waals surface area (Å²) in [4.78, 5) is 27.0. The second-order valence-corrected chi connectivity index (χ2v) is 8.71. The zero-order valence-corrected chi connectivity index (χ0v) is 17.0. The summed E-state index contributed by atoms with van der Waals surface area (Å²) < 4.78 is 25.5. The highest BCUT2D eigenvalue weighted by Crippen LogP contribution is 2.23. The highest BCUT2D eigenvalue weighted by atomic mass is 32.2. The molecule has 9 nitrogen and oxygen atoms in total. The number of piperazine rings is 1. The number of carbonyl (C=O) groups is 1. The summed E-state index contributed by atoms with van der Waals surface area (Å²) >= 11 is 0. The van der Waals surface area contributed by atoms with Gasteiger partial charge in [-0.05, 0) is 36.8 Å². The van der Waals surface area contributed by atoms with Crippen molar-refractivity contribution in [2.45, 2.75) is 6.92 Å². The standard InChI is InChI=1S/C19H22N4O5S/c1-14-3-4-15(13-18(14)20-29(2,27)28)19(24)22-11-9-21(10-12-22)16-5-7-17(8-6-16)23(25)26/h3-8,13,20H,9-12H2,1-2H3. The topological polar surface area (TPSA) is 113 Å². The number of nitrogens with zero attached hydrogens (tertiary/aromatic N) is 3. The number of sulfonamides is 1. The molecule has 0 radical (unpaired) electrons. The first-order valence-corrected chi connectivity index (χ1v) is 10.9. The normalized spacial score (nSPS) is 14.6. The molecule has 0 atom stereocenters. The van der Waals surface area contributed by atoms with E-state index in [1.807, 2.05) is 0 Å². The van der Waals surface area contributed by atoms with Crippen molar-refractivity contribution in [2.75, 3.05) is 42.1 Å². The van der Waals surface area contributed by atoms with E-state index < -0.39 is 14.9 Å². The molecule has 1 amide bonds. The van der Waals surface area contributed by atoms with Gasteiger partial charge >= 0.3 is 0 Å². The van der Waals surface area contributed by atoms with Crippen LogP contribution < -0.4 is 9.62 Å². The number of nitro groups is 1. The van der Waals surface area contributed by atoms with E-state index in [9.17, 15) is 23.3 Å². The summed E-state index contributed by atoms with van der Waals surface area (Å²) in [6.45, 7) is 3.97. The smallest absolute Gasteiger partial charge is 0.269 e. The molecule has 29 heavy (non-hydrogen) atoms. The summed E-state index contributed by atoms with van der Waals surface area (Å²) in [5.74, 6) is -0.162. The first-order valence-electron chi connectivity index (χ1n) is 9.01. The van der Waals surface area contributed by atoms with Crippen molar-refractivity contribution in [1.29, 1.82) is 0 Å². The number of hydrogen-bond donors (Lipinski definition) is 1. The van der Waals surface area contributed by atoms with Crippen molar-refractivity contribution < 1.29 is 18.1 Å². The van der Waals surface area contributed by atoms with Gasteiger partial charge in [-0.25, -0.2) is 8.42 Å². The van der Waals surface area contributed by atoms with Crippen LogP contribution in [0.2, 0.25) is 0 Å². The number of hydrogen-bond acceptors (Lipinski definition) is 6. The van der Waals surface area contributed by atoms with E-state index >= 15 is 0 Å². The molecule has 1 heterocycles. The first-order chi connectivity index (χ1) is 13.6. The molecule has 0 saturated carbocycles. The Hall–Kier alpha value is -3.14. The maximum Gasteiger partial charge on any atom is 0.269 e. The Balaban J connectivity index is 1.67. The predicted molar refractivity (Wildman–Crippen MR) is 111 cm³/mol. The molecule has 1 N–H and O–H groups in total. The molecule has 1 aliphatic heterocycles. The summed E-state index contributed by atoms with van der Waals surface area (Å²) in [5.41, 5.74) is 2.46. The number of carbonyl (C=O) groups excluding carboxylic acids is 1. The fraction of sp³-hybridized carbons (Fsp3) is 0.316. The highest BCUT2D eigenvalue weighted by Gasteiger charge is 2.23. The van der Waals surface area contributed by atoms with E-state index in [0.29, 0.717) is 37.4 Å². The maximum atomic E-state index is 12.8. The third-order valence-corrected chi connectivity index (χ3v) is 5.36. The van der Waals surface area contributed by atoms with Crippen LogP contribution in [0.25, 0.3) is 0 Å². The summed E-state index contributed by atoms with van der Waals surface area (Å²) in [5, 5.41) is 10.8. The van der Waals surface area contributed by atoms with Gasteiger partial charge in [0.05, 0.1) is 16.9 Å². The molecule has 1 saturated heterocycles. The van der Waals surface area contributed by atoms with Crippen LogP contribution in [0.3, 0.4) is 0 Å². The minimum Gasteiger partial charge on any atom is -0.368 e. The van der Waals surface area contributed by atoms with Crippen LogP contribution in [0.5, 0.6) is 0 Å². The van der Waals surface area contributed by atoms with E-state index in [4.69, 9.17) is 0 Å². The third kappa shape index (κ3) is 5.02. The second kappa shape index (κ2) is 8.08. The largest absolute Gasteiger partial charge is 0.368 e. The number of non-ortho nitro benzene ring substituents is 1. The lowest BCUT2D eigenvalue weighted by Crippen LogP contribution is -2.48. The lowest BCUT2D eigenvalue weighted by Gasteiger charge is -2.36. The van der Waals surface area contributed by atoms with Crippen molar-refractivity contribution in [3.63, 3.8) is 0 Å². The third-order valence-electron chi connectivity index (χ3n) is 4.77. The highest BCUT2D eigenvalue weighted by molar-refractivity contribution is 7.92. The number of anilines is 2. The monoisotopic (exact) mass is 418 g/mol. The molecule has 0 spiro atoms. The van der Waals surface area contributed by atoms with Gasteiger partial charge in [-0.15, -0.1) is 0 Å². The molecule has 0 bridgehead atoms. The number of nitro benzene ring substituents is 1. The van der Waals surface area contributed by atoms with Crippen LogP contribution in [-0.4, -0.2) is 56.6 Å². The van der Waals surface area contributed by atoms with Crippen molar-refractivity contribution in [2.24, 2.45) is 0 Å². The van der Waals surface area contributed by atoms with Crippen molar-refractivity contribution >= 4 is 33.0 Å². The van der Waals surface area contributed by atoms with Crippen LogP contribution in [-0.2, 0) is 10.0 Å². The molecule has 3 rings (SSSR count). The number of nitrogens with one attached hydrogen (secondary N) is 1. The van der Waals surface area contributed by atoms with Crippen molar-refractivity contribution in [3.8, 4) is 0 Å². The molecule has 1 fully saturated rings. The molecule has 0 aliphatic carbocycles. The zero-order chi connectivity index (χ0) is 21.2. The van der Waals surface area contributed by atoms with E-state index in [1.165, 1.54) is 12.1 Å². The Bertz CT molecular complexity index is 1030. The van der Waals surface area contributed by atoms with E-state index in [1.54, 1.807) is 42.2 Å². The van der Waals surface area contributed by atoms with Crippen LogP contribution >= 0.6 is 0 Å². The fourth-order valence-corrected chi connectivity index (χ4v) is 3.82. The van der Waals surface area contributed by atoms with Crippen LogP contribution in [0.15, 0.2) is 42.5 Å². The summed E-state index contributed by atoms with van der Waals surface area (Å²) in [7, 11) is -3.44. The van der Waals surface area contributed by atoms with E-state index in [-0.39, 0.29) is 11.6 Å².